The third-order valence-corrected chi connectivity index (χ3v) is 1.75. The summed E-state index contributed by atoms with van der Waals surface area (Å²) in [5, 5.41) is 8.69. The molecule has 1 unspecified atom stereocenters. The zero-order valence-corrected chi connectivity index (χ0v) is 6.92. The summed E-state index contributed by atoms with van der Waals surface area (Å²) in [6.07, 6.45) is 0. The molecule has 1 aromatic rings. The van der Waals surface area contributed by atoms with Gasteiger partial charge in [0.1, 0.15) is 5.82 Å². The first kappa shape index (κ1) is 9.16. The summed E-state index contributed by atoms with van der Waals surface area (Å²) in [6.45, 7) is 1.57. The molecule has 66 valence electrons. The Morgan fingerprint density at radius 1 is 1.58 bits per heavy atom. The van der Waals surface area contributed by atoms with Crippen molar-refractivity contribution in [1.29, 1.82) is 0 Å². The molecule has 2 nitrogen and oxygen atoms in total. The molecule has 0 aliphatic rings. The van der Waals surface area contributed by atoms with E-state index in [1.54, 1.807) is 19.1 Å². The number of hydrogen-bond acceptors (Lipinski definition) is 2. The van der Waals surface area contributed by atoms with Crippen molar-refractivity contribution in [1.82, 2.24) is 0 Å². The number of rotatable bonds is 2. The molecule has 0 aromatic heterocycles. The Kier molecular flexibility index (Phi) is 2.78. The summed E-state index contributed by atoms with van der Waals surface area (Å²) >= 11 is 0. The van der Waals surface area contributed by atoms with Crippen molar-refractivity contribution in [3.63, 3.8) is 0 Å². The van der Waals surface area contributed by atoms with Crippen molar-refractivity contribution in [2.45, 2.75) is 13.0 Å². The number of aliphatic hydroxyl groups excluding tert-OH is 1. The van der Waals surface area contributed by atoms with E-state index in [2.05, 4.69) is 0 Å². The molecule has 0 amide bonds. The first-order valence-electron chi connectivity index (χ1n) is 3.77. The average Bonchev–Trinajstić information content (AvgIpc) is 2.03. The van der Waals surface area contributed by atoms with Crippen LogP contribution in [0.2, 0.25) is 0 Å². The standard InChI is InChI=1S/C9H12FNO/c1-6-2-3-7(8(10)4-6)9(11)5-12/h2-4,9,12H,5,11H2,1H3. The molecule has 0 fully saturated rings. The minimum atomic E-state index is -0.620. The monoisotopic (exact) mass is 169 g/mol. The Morgan fingerprint density at radius 2 is 2.25 bits per heavy atom. The smallest absolute Gasteiger partial charge is 0.128 e. The Labute approximate surface area is 70.8 Å². The van der Waals surface area contributed by atoms with Gasteiger partial charge in [-0.05, 0) is 18.6 Å². The SMILES string of the molecule is Cc1ccc(C(N)CO)c(F)c1. The molecule has 0 radical (unpaired) electrons. The van der Waals surface area contributed by atoms with E-state index in [4.69, 9.17) is 10.8 Å². The molecule has 0 bridgehead atoms. The number of benzene rings is 1. The normalized spacial score (nSPS) is 13.0. The second-order valence-corrected chi connectivity index (χ2v) is 2.81. The quantitative estimate of drug-likeness (QED) is 0.697. The van der Waals surface area contributed by atoms with Gasteiger partial charge in [0.25, 0.3) is 0 Å². The van der Waals surface area contributed by atoms with Crippen LogP contribution in [0.15, 0.2) is 18.2 Å². The van der Waals surface area contributed by atoms with Crippen molar-refractivity contribution >= 4 is 0 Å². The van der Waals surface area contributed by atoms with Crippen LogP contribution >= 0.6 is 0 Å². The van der Waals surface area contributed by atoms with Crippen LogP contribution in [0.1, 0.15) is 17.2 Å². The molecule has 0 heterocycles. The largest absolute Gasteiger partial charge is 0.394 e. The van der Waals surface area contributed by atoms with Crippen LogP contribution in [0.25, 0.3) is 0 Å². The van der Waals surface area contributed by atoms with Crippen LogP contribution in [0.4, 0.5) is 4.39 Å². The number of halogens is 1. The first-order chi connectivity index (χ1) is 5.65. The highest BCUT2D eigenvalue weighted by atomic mass is 19.1. The maximum atomic E-state index is 13.1. The van der Waals surface area contributed by atoms with E-state index in [0.29, 0.717) is 5.56 Å². The fourth-order valence-corrected chi connectivity index (χ4v) is 1.03. The van der Waals surface area contributed by atoms with Gasteiger partial charge in [0, 0.05) is 5.56 Å². The van der Waals surface area contributed by atoms with Crippen LogP contribution in [0.3, 0.4) is 0 Å². The van der Waals surface area contributed by atoms with Crippen molar-refractivity contribution in [2.24, 2.45) is 5.73 Å². The number of aryl methyl sites for hydroxylation is 1. The Morgan fingerprint density at radius 3 is 2.75 bits per heavy atom. The average molecular weight is 169 g/mol. The second-order valence-electron chi connectivity index (χ2n) is 2.81. The number of hydrogen-bond donors (Lipinski definition) is 2. The zero-order valence-electron chi connectivity index (χ0n) is 6.92. The summed E-state index contributed by atoms with van der Waals surface area (Å²) in [5.74, 6) is -0.350. The fraction of sp³-hybridized carbons (Fsp3) is 0.333. The van der Waals surface area contributed by atoms with Gasteiger partial charge >= 0.3 is 0 Å². The van der Waals surface area contributed by atoms with Gasteiger partial charge in [-0.25, -0.2) is 4.39 Å². The molecule has 1 rings (SSSR count). The van der Waals surface area contributed by atoms with Crippen LogP contribution in [-0.2, 0) is 0 Å². The predicted octanol–water partition coefficient (Wildman–Crippen LogP) is 1.13. The van der Waals surface area contributed by atoms with Gasteiger partial charge in [-0.3, -0.25) is 0 Å². The predicted molar refractivity (Wildman–Crippen MR) is 45.2 cm³/mol. The highest BCUT2D eigenvalue weighted by Crippen LogP contribution is 2.15. The first-order valence-corrected chi connectivity index (χ1v) is 3.77. The van der Waals surface area contributed by atoms with Crippen molar-refractivity contribution in [3.8, 4) is 0 Å². The van der Waals surface area contributed by atoms with E-state index >= 15 is 0 Å². The van der Waals surface area contributed by atoms with E-state index in [9.17, 15) is 4.39 Å². The van der Waals surface area contributed by atoms with Gasteiger partial charge in [0.05, 0.1) is 12.6 Å². The second kappa shape index (κ2) is 3.65. The van der Waals surface area contributed by atoms with E-state index in [0.717, 1.165) is 5.56 Å². The molecule has 0 saturated carbocycles. The molecular formula is C9H12FNO. The van der Waals surface area contributed by atoms with Gasteiger partial charge in [-0.2, -0.15) is 0 Å². The summed E-state index contributed by atoms with van der Waals surface area (Å²) in [7, 11) is 0. The highest BCUT2D eigenvalue weighted by molar-refractivity contribution is 5.25. The topological polar surface area (TPSA) is 46.2 Å². The molecule has 3 heteroatoms. The molecule has 0 saturated heterocycles. The minimum absolute atomic E-state index is 0.236. The van der Waals surface area contributed by atoms with Crippen molar-refractivity contribution < 1.29 is 9.50 Å². The molecule has 0 aliphatic carbocycles. The molecule has 1 aromatic carbocycles. The molecule has 0 spiro atoms. The van der Waals surface area contributed by atoms with E-state index in [-0.39, 0.29) is 12.4 Å². The van der Waals surface area contributed by atoms with E-state index < -0.39 is 6.04 Å². The third-order valence-electron chi connectivity index (χ3n) is 1.75. The highest BCUT2D eigenvalue weighted by Gasteiger charge is 2.09. The molecule has 3 N–H and O–H groups in total. The van der Waals surface area contributed by atoms with Gasteiger partial charge in [-0.1, -0.05) is 12.1 Å². The van der Waals surface area contributed by atoms with E-state index in [1.165, 1.54) is 6.07 Å². The lowest BCUT2D eigenvalue weighted by Crippen LogP contribution is -2.16. The van der Waals surface area contributed by atoms with Gasteiger partial charge in [-0.15, -0.1) is 0 Å². The molecule has 0 aliphatic heterocycles. The number of aliphatic hydroxyl groups is 1. The molecule has 12 heavy (non-hydrogen) atoms. The van der Waals surface area contributed by atoms with Crippen LogP contribution in [0.5, 0.6) is 0 Å². The van der Waals surface area contributed by atoms with Crippen molar-refractivity contribution in [3.05, 3.63) is 35.1 Å². The van der Waals surface area contributed by atoms with Crippen LogP contribution < -0.4 is 5.73 Å². The summed E-state index contributed by atoms with van der Waals surface area (Å²) < 4.78 is 13.1. The van der Waals surface area contributed by atoms with Crippen LogP contribution in [-0.4, -0.2) is 11.7 Å². The zero-order chi connectivity index (χ0) is 9.14. The van der Waals surface area contributed by atoms with Gasteiger partial charge in [0.15, 0.2) is 0 Å². The Bertz CT molecular complexity index is 275. The van der Waals surface area contributed by atoms with Gasteiger partial charge < -0.3 is 10.8 Å². The van der Waals surface area contributed by atoms with Gasteiger partial charge in [0.2, 0.25) is 0 Å². The maximum Gasteiger partial charge on any atom is 0.128 e. The van der Waals surface area contributed by atoms with E-state index in [1.807, 2.05) is 0 Å². The maximum absolute atomic E-state index is 13.1. The third kappa shape index (κ3) is 1.81. The minimum Gasteiger partial charge on any atom is -0.394 e. The van der Waals surface area contributed by atoms with Crippen LogP contribution in [0, 0.1) is 12.7 Å². The Balaban J connectivity index is 3.01. The lowest BCUT2D eigenvalue weighted by Gasteiger charge is -2.09. The summed E-state index contributed by atoms with van der Waals surface area (Å²) in [5.41, 5.74) is 6.67. The summed E-state index contributed by atoms with van der Waals surface area (Å²) in [6, 6.07) is 4.16. The summed E-state index contributed by atoms with van der Waals surface area (Å²) in [4.78, 5) is 0. The number of nitrogens with two attached hydrogens (primary N) is 1. The van der Waals surface area contributed by atoms with Crippen molar-refractivity contribution in [2.75, 3.05) is 6.61 Å². The molecule has 1 atom stereocenters. The lowest BCUT2D eigenvalue weighted by molar-refractivity contribution is 0.265. The molecular weight excluding hydrogens is 157 g/mol. The fourth-order valence-electron chi connectivity index (χ4n) is 1.03. The lowest BCUT2D eigenvalue weighted by atomic mass is 10.1. The Hall–Kier alpha value is -0.930.